The summed E-state index contributed by atoms with van der Waals surface area (Å²) in [6.07, 6.45) is 0. The first-order chi connectivity index (χ1) is 17.2. The molecule has 3 aromatic carbocycles. The zero-order valence-corrected chi connectivity index (χ0v) is 21.5. The van der Waals surface area contributed by atoms with Gasteiger partial charge >= 0.3 is 0 Å². The van der Waals surface area contributed by atoms with Gasteiger partial charge in [0, 0.05) is 28.5 Å². The van der Waals surface area contributed by atoms with Gasteiger partial charge in [-0.25, -0.2) is 0 Å². The molecule has 1 atom stereocenters. The van der Waals surface area contributed by atoms with Gasteiger partial charge in [-0.1, -0.05) is 53.7 Å². The smallest absolute Gasteiger partial charge is 0.269 e. The summed E-state index contributed by atoms with van der Waals surface area (Å²) in [6, 6.07) is 18.7. The SMILES string of the molecule is Cc1ccccc1CSc1nnc(C(C)NC(=O)c2ccc([N+](=O)[O-])cc2)n1-c1cc(Cl)ccc1C. The number of aryl methyl sites for hydroxylation is 2. The van der Waals surface area contributed by atoms with Crippen LogP contribution >= 0.6 is 23.4 Å². The molecule has 8 nitrogen and oxygen atoms in total. The van der Waals surface area contributed by atoms with Crippen molar-refractivity contribution >= 4 is 35.0 Å². The first-order valence-corrected chi connectivity index (χ1v) is 12.6. The van der Waals surface area contributed by atoms with Crippen LogP contribution in [-0.4, -0.2) is 25.6 Å². The Hall–Kier alpha value is -3.69. The molecular formula is C26H24ClN5O3S. The number of non-ortho nitro benzene ring substituents is 1. The van der Waals surface area contributed by atoms with Crippen molar-refractivity contribution in [2.45, 2.75) is 37.7 Å². The number of rotatable bonds is 8. The van der Waals surface area contributed by atoms with E-state index in [-0.39, 0.29) is 11.6 Å². The Morgan fingerprint density at radius 2 is 1.81 bits per heavy atom. The molecule has 0 aliphatic rings. The second-order valence-electron chi connectivity index (χ2n) is 8.32. The topological polar surface area (TPSA) is 103 Å². The van der Waals surface area contributed by atoms with Crippen LogP contribution in [0.5, 0.6) is 0 Å². The van der Waals surface area contributed by atoms with Gasteiger partial charge in [0.05, 0.1) is 16.7 Å². The van der Waals surface area contributed by atoms with Crippen molar-refractivity contribution in [1.82, 2.24) is 20.1 Å². The van der Waals surface area contributed by atoms with Crippen LogP contribution in [0.15, 0.2) is 71.9 Å². The number of nitrogens with one attached hydrogen (secondary N) is 1. The highest BCUT2D eigenvalue weighted by Gasteiger charge is 2.23. The van der Waals surface area contributed by atoms with E-state index < -0.39 is 11.0 Å². The van der Waals surface area contributed by atoms with Gasteiger partial charge in [0.2, 0.25) is 0 Å². The van der Waals surface area contributed by atoms with E-state index in [0.29, 0.717) is 27.3 Å². The Labute approximate surface area is 217 Å². The van der Waals surface area contributed by atoms with E-state index in [0.717, 1.165) is 11.3 Å². The summed E-state index contributed by atoms with van der Waals surface area (Å²) in [6.45, 7) is 5.87. The average Bonchev–Trinajstić information content (AvgIpc) is 3.29. The molecule has 0 saturated carbocycles. The lowest BCUT2D eigenvalue weighted by Gasteiger charge is -2.18. The lowest BCUT2D eigenvalue weighted by molar-refractivity contribution is -0.384. The molecule has 0 radical (unpaired) electrons. The fourth-order valence-corrected chi connectivity index (χ4v) is 4.89. The number of halogens is 1. The number of carbonyl (C=O) groups is 1. The molecule has 184 valence electrons. The molecule has 0 bridgehead atoms. The molecule has 1 aromatic heterocycles. The number of hydrogen-bond donors (Lipinski definition) is 1. The molecule has 0 spiro atoms. The number of nitrogens with zero attached hydrogens (tertiary/aromatic N) is 4. The molecule has 1 N–H and O–H groups in total. The molecule has 4 aromatic rings. The van der Waals surface area contributed by atoms with Crippen LogP contribution in [0.25, 0.3) is 5.69 Å². The van der Waals surface area contributed by atoms with E-state index >= 15 is 0 Å². The number of benzene rings is 3. The molecule has 1 unspecified atom stereocenters. The highest BCUT2D eigenvalue weighted by Crippen LogP contribution is 2.31. The molecule has 1 heterocycles. The van der Waals surface area contributed by atoms with E-state index in [4.69, 9.17) is 11.6 Å². The van der Waals surface area contributed by atoms with E-state index in [1.165, 1.54) is 35.4 Å². The number of thioether (sulfide) groups is 1. The number of aromatic nitrogens is 3. The van der Waals surface area contributed by atoms with Crippen LogP contribution in [0, 0.1) is 24.0 Å². The normalized spacial score (nSPS) is 11.8. The van der Waals surface area contributed by atoms with Crippen molar-refractivity contribution in [3.63, 3.8) is 0 Å². The molecule has 4 rings (SSSR count). The summed E-state index contributed by atoms with van der Waals surface area (Å²) < 4.78 is 1.92. The minimum atomic E-state index is -0.508. The predicted molar refractivity (Wildman–Crippen MR) is 141 cm³/mol. The predicted octanol–water partition coefficient (Wildman–Crippen LogP) is 6.23. The van der Waals surface area contributed by atoms with E-state index in [2.05, 4.69) is 34.6 Å². The van der Waals surface area contributed by atoms with E-state index in [1.807, 2.05) is 48.7 Å². The monoisotopic (exact) mass is 521 g/mol. The van der Waals surface area contributed by atoms with Crippen molar-refractivity contribution in [1.29, 1.82) is 0 Å². The molecule has 10 heteroatoms. The molecule has 1 amide bonds. The maximum Gasteiger partial charge on any atom is 0.269 e. The Bertz CT molecular complexity index is 1420. The average molecular weight is 522 g/mol. The molecule has 0 aliphatic heterocycles. The van der Waals surface area contributed by atoms with Crippen LogP contribution in [0.3, 0.4) is 0 Å². The molecule has 36 heavy (non-hydrogen) atoms. The van der Waals surface area contributed by atoms with Crippen molar-refractivity contribution in [2.75, 3.05) is 0 Å². The minimum Gasteiger partial charge on any atom is -0.342 e. The van der Waals surface area contributed by atoms with Crippen molar-refractivity contribution in [3.05, 3.63) is 110 Å². The van der Waals surface area contributed by atoms with E-state index in [9.17, 15) is 14.9 Å². The van der Waals surface area contributed by atoms with Gasteiger partial charge in [-0.2, -0.15) is 0 Å². The number of hydrogen-bond acceptors (Lipinski definition) is 6. The lowest BCUT2D eigenvalue weighted by atomic mass is 10.1. The Kier molecular flexibility index (Phi) is 7.71. The third kappa shape index (κ3) is 5.58. The zero-order valence-electron chi connectivity index (χ0n) is 19.9. The Morgan fingerprint density at radius 1 is 1.08 bits per heavy atom. The maximum absolute atomic E-state index is 12.9. The second-order valence-corrected chi connectivity index (χ2v) is 9.70. The minimum absolute atomic E-state index is 0.0777. The zero-order chi connectivity index (χ0) is 25.8. The number of nitro benzene ring substituents is 1. The van der Waals surface area contributed by atoms with Crippen LogP contribution in [0.2, 0.25) is 5.02 Å². The highest BCUT2D eigenvalue weighted by atomic mass is 35.5. The van der Waals surface area contributed by atoms with Crippen LogP contribution in [0.1, 0.15) is 45.8 Å². The summed E-state index contributed by atoms with van der Waals surface area (Å²) in [5.74, 6) is 0.875. The molecule has 0 saturated heterocycles. The summed E-state index contributed by atoms with van der Waals surface area (Å²) in [5.41, 5.74) is 4.43. The third-order valence-corrected chi connectivity index (χ3v) is 6.98. The number of nitro groups is 1. The first kappa shape index (κ1) is 25.4. The largest absolute Gasteiger partial charge is 0.342 e. The summed E-state index contributed by atoms with van der Waals surface area (Å²) in [5, 5.41) is 24.0. The number of amides is 1. The van der Waals surface area contributed by atoms with Crippen LogP contribution < -0.4 is 5.32 Å². The van der Waals surface area contributed by atoms with Gasteiger partial charge in [0.25, 0.3) is 11.6 Å². The first-order valence-electron chi connectivity index (χ1n) is 11.2. The maximum atomic E-state index is 12.9. The fourth-order valence-electron chi connectivity index (χ4n) is 3.70. The second kappa shape index (κ2) is 10.9. The summed E-state index contributed by atoms with van der Waals surface area (Å²) in [4.78, 5) is 23.3. The number of carbonyl (C=O) groups excluding carboxylic acids is 1. The van der Waals surface area contributed by atoms with Gasteiger partial charge in [-0.3, -0.25) is 19.5 Å². The fraction of sp³-hybridized carbons (Fsp3) is 0.192. The van der Waals surface area contributed by atoms with Gasteiger partial charge in [-0.05, 0) is 61.7 Å². The van der Waals surface area contributed by atoms with Crippen molar-refractivity contribution in [2.24, 2.45) is 0 Å². The highest BCUT2D eigenvalue weighted by molar-refractivity contribution is 7.98. The quantitative estimate of drug-likeness (QED) is 0.167. The standard InChI is InChI=1S/C26H24ClN5O3S/c1-16-6-4-5-7-20(16)15-36-26-30-29-24(31(26)23-14-21(27)11-8-17(23)2)18(3)28-25(33)19-9-12-22(13-10-19)32(34)35/h4-14,18H,15H2,1-3H3,(H,28,33). The van der Waals surface area contributed by atoms with Crippen LogP contribution in [0.4, 0.5) is 5.69 Å². The lowest BCUT2D eigenvalue weighted by Crippen LogP contribution is -2.28. The third-order valence-electron chi connectivity index (χ3n) is 5.76. The Morgan fingerprint density at radius 3 is 2.50 bits per heavy atom. The van der Waals surface area contributed by atoms with Crippen molar-refractivity contribution in [3.8, 4) is 5.69 Å². The van der Waals surface area contributed by atoms with Crippen molar-refractivity contribution < 1.29 is 9.72 Å². The summed E-state index contributed by atoms with van der Waals surface area (Å²) >= 11 is 7.88. The Balaban J connectivity index is 1.65. The van der Waals surface area contributed by atoms with Gasteiger partial charge in [0.1, 0.15) is 0 Å². The van der Waals surface area contributed by atoms with Crippen LogP contribution in [-0.2, 0) is 5.75 Å². The van der Waals surface area contributed by atoms with Gasteiger partial charge < -0.3 is 5.32 Å². The van der Waals surface area contributed by atoms with Gasteiger partial charge in [-0.15, -0.1) is 10.2 Å². The molecule has 0 aliphatic carbocycles. The van der Waals surface area contributed by atoms with Gasteiger partial charge in [0.15, 0.2) is 11.0 Å². The molecule has 0 fully saturated rings. The molecular weight excluding hydrogens is 498 g/mol. The van der Waals surface area contributed by atoms with E-state index in [1.54, 1.807) is 11.8 Å². The summed E-state index contributed by atoms with van der Waals surface area (Å²) in [7, 11) is 0.